The van der Waals surface area contributed by atoms with E-state index in [1.807, 2.05) is 17.5 Å². The zero-order valence-electron chi connectivity index (χ0n) is 15.2. The summed E-state index contributed by atoms with van der Waals surface area (Å²) in [5.41, 5.74) is 1.70. The summed E-state index contributed by atoms with van der Waals surface area (Å²) in [4.78, 5) is 14.3. The molecule has 0 unspecified atom stereocenters. The number of benzene rings is 2. The van der Waals surface area contributed by atoms with E-state index in [0.717, 1.165) is 0 Å². The molecule has 0 atom stereocenters. The van der Waals surface area contributed by atoms with Gasteiger partial charge in [0.05, 0.1) is 16.5 Å². The molecule has 6 heteroatoms. The molecule has 0 saturated carbocycles. The molecule has 4 rings (SSSR count). The Bertz CT molecular complexity index is 1180. The lowest BCUT2D eigenvalue weighted by atomic mass is 10.0. The summed E-state index contributed by atoms with van der Waals surface area (Å²) in [5.74, 6) is 0.132. The summed E-state index contributed by atoms with van der Waals surface area (Å²) in [6.45, 7) is 2.72. The first-order valence-corrected chi connectivity index (χ1v) is 9.70. The van der Waals surface area contributed by atoms with E-state index in [1.54, 1.807) is 36.5 Å². The van der Waals surface area contributed by atoms with Gasteiger partial charge in [-0.3, -0.25) is 4.79 Å². The fraction of sp³-hybridized carbons (Fsp3) is 0.136. The smallest absolute Gasteiger partial charge is 0.200 e. The van der Waals surface area contributed by atoms with Crippen LogP contribution in [0.25, 0.3) is 22.1 Å². The molecule has 0 aliphatic carbocycles. The second-order valence-corrected chi connectivity index (χ2v) is 7.52. The summed E-state index contributed by atoms with van der Waals surface area (Å²) in [6.07, 6.45) is 0. The normalized spacial score (nSPS) is 11.2. The highest BCUT2D eigenvalue weighted by molar-refractivity contribution is 7.09. The van der Waals surface area contributed by atoms with Crippen molar-refractivity contribution < 1.29 is 13.9 Å². The van der Waals surface area contributed by atoms with Gasteiger partial charge in [-0.25, -0.2) is 4.39 Å². The van der Waals surface area contributed by atoms with Crippen molar-refractivity contribution in [3.8, 4) is 16.9 Å². The number of hydrogen-bond acceptors (Lipinski definition) is 5. The number of aryl methyl sites for hydroxylation is 1. The minimum atomic E-state index is -0.365. The Kier molecular flexibility index (Phi) is 4.98. The minimum absolute atomic E-state index is 0.0725. The fourth-order valence-corrected chi connectivity index (χ4v) is 3.93. The molecule has 0 bridgehead atoms. The van der Waals surface area contributed by atoms with E-state index in [2.05, 4.69) is 5.32 Å². The van der Waals surface area contributed by atoms with E-state index in [4.69, 9.17) is 4.42 Å². The molecule has 28 heavy (non-hydrogen) atoms. The van der Waals surface area contributed by atoms with Crippen LogP contribution in [-0.4, -0.2) is 5.11 Å². The third kappa shape index (κ3) is 3.44. The molecule has 0 spiro atoms. The highest BCUT2D eigenvalue weighted by Crippen LogP contribution is 2.30. The number of halogens is 1. The maximum atomic E-state index is 13.2. The molecule has 4 aromatic rings. The maximum absolute atomic E-state index is 13.2. The molecule has 4 nitrogen and oxygen atoms in total. The van der Waals surface area contributed by atoms with Crippen LogP contribution in [0.15, 0.2) is 63.1 Å². The third-order valence-corrected chi connectivity index (χ3v) is 5.51. The van der Waals surface area contributed by atoms with Gasteiger partial charge in [-0.1, -0.05) is 18.2 Å². The zero-order valence-corrected chi connectivity index (χ0v) is 16.0. The Balaban J connectivity index is 1.76. The SMILES string of the molecule is Cc1oc2c(CNCc3cccs3)c(O)ccc2c(=O)c1-c1ccc(F)cc1. The first-order valence-electron chi connectivity index (χ1n) is 8.82. The van der Waals surface area contributed by atoms with E-state index in [0.29, 0.717) is 46.5 Å². The number of hydrogen-bond donors (Lipinski definition) is 2. The predicted molar refractivity (Wildman–Crippen MR) is 109 cm³/mol. The zero-order chi connectivity index (χ0) is 19.7. The Morgan fingerprint density at radius 3 is 2.61 bits per heavy atom. The van der Waals surface area contributed by atoms with E-state index >= 15 is 0 Å². The highest BCUT2D eigenvalue weighted by Gasteiger charge is 2.18. The van der Waals surface area contributed by atoms with Crippen LogP contribution in [-0.2, 0) is 13.1 Å². The van der Waals surface area contributed by atoms with Crippen LogP contribution in [0.1, 0.15) is 16.2 Å². The second-order valence-electron chi connectivity index (χ2n) is 6.49. The maximum Gasteiger partial charge on any atom is 0.200 e. The number of thiophene rings is 1. The second kappa shape index (κ2) is 7.58. The van der Waals surface area contributed by atoms with Gasteiger partial charge in [-0.05, 0) is 48.2 Å². The molecule has 2 heterocycles. The monoisotopic (exact) mass is 395 g/mol. The van der Waals surface area contributed by atoms with Crippen LogP contribution in [0, 0.1) is 12.7 Å². The minimum Gasteiger partial charge on any atom is -0.507 e. The van der Waals surface area contributed by atoms with Crippen LogP contribution in [0.2, 0.25) is 0 Å². The average molecular weight is 395 g/mol. The van der Waals surface area contributed by atoms with Gasteiger partial charge in [0.15, 0.2) is 0 Å². The van der Waals surface area contributed by atoms with Gasteiger partial charge in [0.1, 0.15) is 22.9 Å². The molecule has 0 fully saturated rings. The predicted octanol–water partition coefficient (Wildman–Crippen LogP) is 4.96. The highest BCUT2D eigenvalue weighted by atomic mass is 32.1. The molecule has 2 aromatic carbocycles. The Morgan fingerprint density at radius 2 is 1.89 bits per heavy atom. The van der Waals surface area contributed by atoms with Crippen LogP contribution < -0.4 is 10.7 Å². The van der Waals surface area contributed by atoms with Gasteiger partial charge in [0.2, 0.25) is 5.43 Å². The Labute approximate surface area is 164 Å². The lowest BCUT2D eigenvalue weighted by Gasteiger charge is -2.12. The van der Waals surface area contributed by atoms with Crippen molar-refractivity contribution in [1.29, 1.82) is 0 Å². The summed E-state index contributed by atoms with van der Waals surface area (Å²) in [6, 6.07) is 12.8. The molecule has 0 aliphatic rings. The van der Waals surface area contributed by atoms with Crippen LogP contribution >= 0.6 is 11.3 Å². The summed E-state index contributed by atoms with van der Waals surface area (Å²) in [7, 11) is 0. The quantitative estimate of drug-likeness (QED) is 0.501. The van der Waals surface area contributed by atoms with Crippen molar-refractivity contribution in [3.63, 3.8) is 0 Å². The van der Waals surface area contributed by atoms with Gasteiger partial charge in [-0.2, -0.15) is 0 Å². The van der Waals surface area contributed by atoms with Crippen molar-refractivity contribution in [2.75, 3.05) is 0 Å². The molecule has 142 valence electrons. The first-order chi connectivity index (χ1) is 13.5. The van der Waals surface area contributed by atoms with Gasteiger partial charge in [-0.15, -0.1) is 11.3 Å². The van der Waals surface area contributed by atoms with Crippen molar-refractivity contribution >= 4 is 22.3 Å². The summed E-state index contributed by atoms with van der Waals surface area (Å²) >= 11 is 1.65. The van der Waals surface area contributed by atoms with E-state index < -0.39 is 0 Å². The van der Waals surface area contributed by atoms with Crippen molar-refractivity contribution in [3.05, 3.63) is 86.2 Å². The van der Waals surface area contributed by atoms with Gasteiger partial charge >= 0.3 is 0 Å². The number of aromatic hydroxyl groups is 1. The lowest BCUT2D eigenvalue weighted by Crippen LogP contribution is -2.14. The summed E-state index contributed by atoms with van der Waals surface area (Å²) in [5, 5.41) is 16.0. The fourth-order valence-electron chi connectivity index (χ4n) is 3.26. The van der Waals surface area contributed by atoms with Crippen molar-refractivity contribution in [2.45, 2.75) is 20.0 Å². The van der Waals surface area contributed by atoms with E-state index in [9.17, 15) is 14.3 Å². The van der Waals surface area contributed by atoms with E-state index in [-0.39, 0.29) is 17.0 Å². The summed E-state index contributed by atoms with van der Waals surface area (Å²) < 4.78 is 19.2. The topological polar surface area (TPSA) is 62.5 Å². The van der Waals surface area contributed by atoms with E-state index in [1.165, 1.54) is 23.1 Å². The van der Waals surface area contributed by atoms with Crippen molar-refractivity contribution in [1.82, 2.24) is 5.32 Å². The van der Waals surface area contributed by atoms with Gasteiger partial charge < -0.3 is 14.8 Å². The molecular weight excluding hydrogens is 377 g/mol. The number of phenolic OH excluding ortho intramolecular Hbond substituents is 1. The molecule has 2 N–H and O–H groups in total. The molecule has 0 aliphatic heterocycles. The Hall–Kier alpha value is -2.96. The number of rotatable bonds is 5. The number of nitrogens with one attached hydrogen (secondary N) is 1. The number of phenols is 1. The number of fused-ring (bicyclic) bond motifs is 1. The first kappa shape index (κ1) is 18.4. The largest absolute Gasteiger partial charge is 0.507 e. The van der Waals surface area contributed by atoms with Crippen LogP contribution in [0.4, 0.5) is 4.39 Å². The average Bonchev–Trinajstić information content (AvgIpc) is 3.18. The molecule has 2 aromatic heterocycles. The molecule has 0 saturated heterocycles. The van der Waals surface area contributed by atoms with Crippen LogP contribution in [0.3, 0.4) is 0 Å². The Morgan fingerprint density at radius 1 is 1.11 bits per heavy atom. The molecule has 0 amide bonds. The van der Waals surface area contributed by atoms with Crippen LogP contribution in [0.5, 0.6) is 5.75 Å². The molecular formula is C22H18FNO3S. The lowest BCUT2D eigenvalue weighted by molar-refractivity contribution is 0.461. The van der Waals surface area contributed by atoms with Gasteiger partial charge in [0.25, 0.3) is 0 Å². The standard InChI is InChI=1S/C22H18FNO3S/c1-13-20(14-4-6-15(23)7-5-14)21(26)17-8-9-19(25)18(22(17)27-13)12-24-11-16-3-2-10-28-16/h2-10,24-25H,11-12H2,1H3. The molecule has 0 radical (unpaired) electrons. The third-order valence-electron chi connectivity index (χ3n) is 4.63. The van der Waals surface area contributed by atoms with Crippen molar-refractivity contribution in [2.24, 2.45) is 0 Å². The van der Waals surface area contributed by atoms with Gasteiger partial charge in [0, 0.05) is 18.0 Å².